The second-order valence-electron chi connectivity index (χ2n) is 8.22. The van der Waals surface area contributed by atoms with E-state index in [1.807, 2.05) is 49.1 Å². The zero-order valence-corrected chi connectivity index (χ0v) is 19.1. The molecule has 168 valence electrons. The predicted octanol–water partition coefficient (Wildman–Crippen LogP) is 6.31. The number of methoxy groups -OCH3 is 1. The van der Waals surface area contributed by atoms with E-state index in [2.05, 4.69) is 6.07 Å². The lowest BCUT2D eigenvalue weighted by atomic mass is 9.99. The number of furan rings is 1. The van der Waals surface area contributed by atoms with Crippen LogP contribution in [0.2, 0.25) is 0 Å². The van der Waals surface area contributed by atoms with Crippen molar-refractivity contribution in [3.05, 3.63) is 54.3 Å². The van der Waals surface area contributed by atoms with Gasteiger partial charge in [-0.15, -0.1) is 0 Å². The predicted molar refractivity (Wildman–Crippen MR) is 128 cm³/mol. The summed E-state index contributed by atoms with van der Waals surface area (Å²) in [5.74, 6) is 1.62. The Balaban J connectivity index is 1.69. The van der Waals surface area contributed by atoms with Crippen LogP contribution in [0.25, 0.3) is 27.7 Å². The first-order valence-corrected chi connectivity index (χ1v) is 11.4. The average molecular weight is 434 g/mol. The molecule has 1 fully saturated rings. The first-order chi connectivity index (χ1) is 15.6. The van der Waals surface area contributed by atoms with Crippen molar-refractivity contribution in [1.82, 2.24) is 4.90 Å². The summed E-state index contributed by atoms with van der Waals surface area (Å²) in [7, 11) is 1.64. The van der Waals surface area contributed by atoms with Crippen LogP contribution in [0.1, 0.15) is 45.1 Å². The summed E-state index contributed by atoms with van der Waals surface area (Å²) in [5.41, 5.74) is 4.58. The minimum atomic E-state index is 0.0745. The quantitative estimate of drug-likeness (QED) is 0.427. The third-order valence-electron chi connectivity index (χ3n) is 6.05. The highest BCUT2D eigenvalue weighted by molar-refractivity contribution is 6.00. The maximum atomic E-state index is 12.9. The van der Waals surface area contributed by atoms with Crippen molar-refractivity contribution in [3.8, 4) is 22.6 Å². The Hall–Kier alpha value is -3.21. The van der Waals surface area contributed by atoms with Crippen molar-refractivity contribution in [1.29, 1.82) is 0 Å². The van der Waals surface area contributed by atoms with Gasteiger partial charge in [0.2, 0.25) is 5.91 Å². The molecule has 5 heteroatoms. The monoisotopic (exact) mass is 433 g/mol. The Morgan fingerprint density at radius 2 is 1.81 bits per heavy atom. The number of rotatable bonds is 6. The Labute approximate surface area is 189 Å². The summed E-state index contributed by atoms with van der Waals surface area (Å²) >= 11 is 0. The number of hydrogen-bond donors (Lipinski definition) is 0. The summed E-state index contributed by atoms with van der Waals surface area (Å²) in [4.78, 5) is 14.9. The van der Waals surface area contributed by atoms with E-state index in [9.17, 15) is 4.79 Å². The van der Waals surface area contributed by atoms with Crippen molar-refractivity contribution in [2.75, 3.05) is 26.8 Å². The first-order valence-electron chi connectivity index (χ1n) is 11.4. The van der Waals surface area contributed by atoms with Gasteiger partial charge in [-0.2, -0.15) is 0 Å². The molecule has 0 unspecified atom stereocenters. The van der Waals surface area contributed by atoms with E-state index in [1.165, 1.54) is 12.8 Å². The highest BCUT2D eigenvalue weighted by Gasteiger charge is 2.17. The lowest BCUT2D eigenvalue weighted by Gasteiger charge is -2.19. The molecule has 0 aliphatic carbocycles. The number of amides is 1. The number of hydrogen-bond acceptors (Lipinski definition) is 4. The highest BCUT2D eigenvalue weighted by Crippen LogP contribution is 2.37. The van der Waals surface area contributed by atoms with Gasteiger partial charge in [-0.1, -0.05) is 25.0 Å². The molecule has 2 aromatic carbocycles. The second kappa shape index (κ2) is 9.94. The molecular formula is C27H31NO4. The van der Waals surface area contributed by atoms with Crippen molar-refractivity contribution in [2.24, 2.45) is 0 Å². The molecule has 0 spiro atoms. The van der Waals surface area contributed by atoms with E-state index in [1.54, 1.807) is 19.4 Å². The smallest absolute Gasteiger partial charge is 0.246 e. The molecule has 32 heavy (non-hydrogen) atoms. The molecule has 0 N–H and O–H groups in total. The van der Waals surface area contributed by atoms with Crippen LogP contribution in [-0.4, -0.2) is 37.6 Å². The van der Waals surface area contributed by atoms with Crippen molar-refractivity contribution >= 4 is 22.4 Å². The summed E-state index contributed by atoms with van der Waals surface area (Å²) in [6.45, 7) is 6.25. The number of ether oxygens (including phenoxy) is 2. The van der Waals surface area contributed by atoms with Gasteiger partial charge >= 0.3 is 0 Å². The van der Waals surface area contributed by atoms with Crippen LogP contribution >= 0.6 is 0 Å². The van der Waals surface area contributed by atoms with Crippen LogP contribution in [-0.2, 0) is 4.79 Å². The Kier molecular flexibility index (Phi) is 6.84. The van der Waals surface area contributed by atoms with Crippen molar-refractivity contribution in [3.63, 3.8) is 0 Å². The summed E-state index contributed by atoms with van der Waals surface area (Å²) in [6, 6.07) is 12.0. The topological polar surface area (TPSA) is 51.9 Å². The van der Waals surface area contributed by atoms with Gasteiger partial charge < -0.3 is 18.8 Å². The van der Waals surface area contributed by atoms with Gasteiger partial charge in [0.05, 0.1) is 20.0 Å². The van der Waals surface area contributed by atoms with E-state index < -0.39 is 0 Å². The SMILES string of the molecule is CCOc1ccc(-c2coc3cc(OC)c(/C(C)=C/C(=O)N4CCCCCC4)cc23)cc1. The zero-order chi connectivity index (χ0) is 22.5. The second-order valence-corrected chi connectivity index (χ2v) is 8.22. The minimum absolute atomic E-state index is 0.0745. The molecule has 1 aromatic heterocycles. The van der Waals surface area contributed by atoms with Gasteiger partial charge in [-0.05, 0) is 56.0 Å². The van der Waals surface area contributed by atoms with Gasteiger partial charge in [-0.25, -0.2) is 0 Å². The van der Waals surface area contributed by atoms with E-state index in [0.29, 0.717) is 12.4 Å². The highest BCUT2D eigenvalue weighted by atomic mass is 16.5. The Morgan fingerprint density at radius 1 is 1.09 bits per heavy atom. The van der Waals surface area contributed by atoms with Crippen LogP contribution in [0.5, 0.6) is 11.5 Å². The fourth-order valence-corrected chi connectivity index (χ4v) is 4.30. The molecule has 5 nitrogen and oxygen atoms in total. The summed E-state index contributed by atoms with van der Waals surface area (Å²) in [6.07, 6.45) is 8.07. The largest absolute Gasteiger partial charge is 0.496 e. The normalized spacial score (nSPS) is 15.0. The molecule has 1 amide bonds. The fraction of sp³-hybridized carbons (Fsp3) is 0.370. The molecule has 0 radical (unpaired) electrons. The van der Waals surface area contributed by atoms with Crippen molar-refractivity contribution < 1.29 is 18.7 Å². The third-order valence-corrected chi connectivity index (χ3v) is 6.05. The molecule has 0 saturated carbocycles. The van der Waals surface area contributed by atoms with Gasteiger partial charge in [0.1, 0.15) is 17.1 Å². The molecule has 4 rings (SSSR count). The third kappa shape index (κ3) is 4.67. The summed E-state index contributed by atoms with van der Waals surface area (Å²) in [5, 5.41) is 0.986. The van der Waals surface area contributed by atoms with Crippen LogP contribution in [0.4, 0.5) is 0 Å². The molecule has 1 aliphatic heterocycles. The maximum absolute atomic E-state index is 12.9. The van der Waals surface area contributed by atoms with Crippen LogP contribution in [0.3, 0.4) is 0 Å². The molecule has 1 aliphatic rings. The van der Waals surface area contributed by atoms with E-state index in [-0.39, 0.29) is 5.91 Å². The number of likely N-dealkylation sites (tertiary alicyclic amines) is 1. The van der Waals surface area contributed by atoms with Crippen LogP contribution in [0, 0.1) is 0 Å². The molecule has 3 aromatic rings. The molecule has 1 saturated heterocycles. The minimum Gasteiger partial charge on any atom is -0.496 e. The number of carbonyl (C=O) groups is 1. The van der Waals surface area contributed by atoms with E-state index in [0.717, 1.165) is 64.9 Å². The first kappa shape index (κ1) is 22.0. The molecule has 2 heterocycles. The van der Waals surface area contributed by atoms with E-state index >= 15 is 0 Å². The Bertz CT molecular complexity index is 1100. The van der Waals surface area contributed by atoms with Gasteiger partial charge in [0, 0.05) is 41.7 Å². The zero-order valence-electron chi connectivity index (χ0n) is 19.1. The number of allylic oxidation sites excluding steroid dienone is 1. The lowest BCUT2D eigenvalue weighted by molar-refractivity contribution is -0.125. The molecule has 0 atom stereocenters. The van der Waals surface area contributed by atoms with Gasteiger partial charge in [0.15, 0.2) is 0 Å². The fourth-order valence-electron chi connectivity index (χ4n) is 4.30. The van der Waals surface area contributed by atoms with Crippen LogP contribution < -0.4 is 9.47 Å². The number of carbonyl (C=O) groups excluding carboxylic acids is 1. The van der Waals surface area contributed by atoms with Crippen LogP contribution in [0.15, 0.2) is 53.2 Å². The van der Waals surface area contributed by atoms with Crippen molar-refractivity contribution in [2.45, 2.75) is 39.5 Å². The van der Waals surface area contributed by atoms with E-state index in [4.69, 9.17) is 13.9 Å². The number of nitrogens with zero attached hydrogens (tertiary/aromatic N) is 1. The van der Waals surface area contributed by atoms with Gasteiger partial charge in [0.25, 0.3) is 0 Å². The Morgan fingerprint density at radius 3 is 2.47 bits per heavy atom. The summed E-state index contributed by atoms with van der Waals surface area (Å²) < 4.78 is 17.0. The number of fused-ring (bicyclic) bond motifs is 1. The lowest BCUT2D eigenvalue weighted by Crippen LogP contribution is -2.30. The molecular weight excluding hydrogens is 402 g/mol. The standard InChI is InChI=1S/C27H31NO4/c1-4-31-21-11-9-20(10-12-21)24-18-32-26-17-25(30-3)22(16-23(24)26)19(2)15-27(29)28-13-7-5-6-8-14-28/h9-12,15-18H,4-8,13-14H2,1-3H3/b19-15+. The van der Waals surface area contributed by atoms with Gasteiger partial charge in [-0.3, -0.25) is 4.79 Å². The average Bonchev–Trinajstić information content (AvgIpc) is 3.02. The maximum Gasteiger partial charge on any atom is 0.246 e. The molecule has 0 bridgehead atoms. The number of benzene rings is 2.